The number of carbonyl (C=O) groups is 1. The van der Waals surface area contributed by atoms with Gasteiger partial charge in [0.15, 0.2) is 0 Å². The molecule has 1 heterocycles. The minimum Gasteiger partial charge on any atom is -0.341 e. The number of likely N-dealkylation sites (tertiary alicyclic amines) is 1. The van der Waals surface area contributed by atoms with E-state index in [1.807, 2.05) is 42.3 Å². The maximum atomic E-state index is 14.2. The molecule has 6 heteroatoms. The average Bonchev–Trinajstić information content (AvgIpc) is 2.68. The lowest BCUT2D eigenvalue weighted by Crippen LogP contribution is -2.42. The van der Waals surface area contributed by atoms with E-state index in [0.29, 0.717) is 10.8 Å². The topological polar surface area (TPSA) is 32.3 Å². The number of benzene rings is 2. The molecular formula is C21H26ClFN2OS. The quantitative estimate of drug-likeness (QED) is 0.712. The van der Waals surface area contributed by atoms with Gasteiger partial charge in [0.25, 0.3) is 0 Å². The fourth-order valence-corrected chi connectivity index (χ4v) is 4.50. The Morgan fingerprint density at radius 1 is 1.15 bits per heavy atom. The van der Waals surface area contributed by atoms with Crippen molar-refractivity contribution in [2.45, 2.75) is 23.0 Å². The summed E-state index contributed by atoms with van der Waals surface area (Å²) in [7, 11) is 1.97. The van der Waals surface area contributed by atoms with Crippen LogP contribution in [0, 0.1) is 11.7 Å². The molecule has 0 bridgehead atoms. The molecule has 1 saturated heterocycles. The zero-order valence-corrected chi connectivity index (χ0v) is 17.1. The molecule has 3 nitrogen and oxygen atoms in total. The number of hydrogen-bond acceptors (Lipinski definition) is 3. The highest BCUT2D eigenvalue weighted by atomic mass is 35.5. The van der Waals surface area contributed by atoms with Crippen molar-refractivity contribution in [1.29, 1.82) is 0 Å². The molecule has 2 aromatic rings. The lowest BCUT2D eigenvalue weighted by Gasteiger charge is -2.34. The van der Waals surface area contributed by atoms with Gasteiger partial charge in [-0.3, -0.25) is 4.79 Å². The molecule has 2 aromatic carbocycles. The highest BCUT2D eigenvalue weighted by Gasteiger charge is 2.30. The monoisotopic (exact) mass is 408 g/mol. The highest BCUT2D eigenvalue weighted by Crippen LogP contribution is 2.38. The number of carbonyl (C=O) groups excluding carboxylic acids is 1. The van der Waals surface area contributed by atoms with Gasteiger partial charge in [0.2, 0.25) is 5.91 Å². The standard InChI is InChI=1S/C21H25FN2OS.ClH/c1-23-15-16-11-13-24(14-12-16)21(25)20(17-7-3-2-4-8-17)26-19-10-6-5-9-18(19)22;/h2-10,16,20,23H,11-15H2,1H3;1H. The Kier molecular flexibility index (Phi) is 8.61. The van der Waals surface area contributed by atoms with E-state index in [-0.39, 0.29) is 24.1 Å². The summed E-state index contributed by atoms with van der Waals surface area (Å²) >= 11 is 1.30. The SMILES string of the molecule is CNCC1CCN(C(=O)C(Sc2ccccc2F)c2ccccc2)CC1.Cl. The zero-order valence-electron chi connectivity index (χ0n) is 15.4. The van der Waals surface area contributed by atoms with Crippen molar-refractivity contribution in [1.82, 2.24) is 10.2 Å². The fourth-order valence-electron chi connectivity index (χ4n) is 3.37. The van der Waals surface area contributed by atoms with Crippen LogP contribution in [0.4, 0.5) is 4.39 Å². The van der Waals surface area contributed by atoms with Crippen LogP contribution in [0.3, 0.4) is 0 Å². The predicted molar refractivity (Wildman–Crippen MR) is 112 cm³/mol. The lowest BCUT2D eigenvalue weighted by molar-refractivity contribution is -0.132. The molecule has 0 saturated carbocycles. The van der Waals surface area contributed by atoms with Crippen molar-refractivity contribution < 1.29 is 9.18 Å². The van der Waals surface area contributed by atoms with Crippen LogP contribution >= 0.6 is 24.2 Å². The number of thioether (sulfide) groups is 1. The normalized spacial score (nSPS) is 15.9. The predicted octanol–water partition coefficient (Wildman–Crippen LogP) is 4.54. The van der Waals surface area contributed by atoms with E-state index in [1.54, 1.807) is 18.2 Å². The first-order valence-electron chi connectivity index (χ1n) is 9.08. The van der Waals surface area contributed by atoms with E-state index in [9.17, 15) is 9.18 Å². The molecule has 1 aliphatic heterocycles. The number of amides is 1. The minimum absolute atomic E-state index is 0. The number of rotatable bonds is 6. The molecule has 1 aliphatic rings. The van der Waals surface area contributed by atoms with Gasteiger partial charge in [-0.25, -0.2) is 4.39 Å². The van der Waals surface area contributed by atoms with Crippen LogP contribution in [0.1, 0.15) is 23.7 Å². The van der Waals surface area contributed by atoms with Crippen LogP contribution in [-0.4, -0.2) is 37.5 Å². The second-order valence-corrected chi connectivity index (χ2v) is 7.81. The minimum atomic E-state index is -0.422. The van der Waals surface area contributed by atoms with Gasteiger partial charge in [-0.2, -0.15) is 0 Å². The second-order valence-electron chi connectivity index (χ2n) is 6.67. The molecule has 1 atom stereocenters. The summed E-state index contributed by atoms with van der Waals surface area (Å²) in [6, 6.07) is 16.3. The van der Waals surface area contributed by atoms with Crippen LogP contribution in [0.15, 0.2) is 59.5 Å². The Bertz CT molecular complexity index is 723. The van der Waals surface area contributed by atoms with E-state index < -0.39 is 5.25 Å². The number of nitrogens with zero attached hydrogens (tertiary/aromatic N) is 1. The van der Waals surface area contributed by atoms with Gasteiger partial charge >= 0.3 is 0 Å². The van der Waals surface area contributed by atoms with Gasteiger partial charge in [-0.15, -0.1) is 24.2 Å². The maximum absolute atomic E-state index is 14.2. The van der Waals surface area contributed by atoms with Crippen LogP contribution in [-0.2, 0) is 4.79 Å². The van der Waals surface area contributed by atoms with Crippen LogP contribution in [0.2, 0.25) is 0 Å². The number of piperidine rings is 1. The summed E-state index contributed by atoms with van der Waals surface area (Å²) in [5.41, 5.74) is 0.920. The highest BCUT2D eigenvalue weighted by molar-refractivity contribution is 8.00. The zero-order chi connectivity index (χ0) is 18.4. The molecule has 1 fully saturated rings. The summed E-state index contributed by atoms with van der Waals surface area (Å²) in [6.45, 7) is 2.53. The summed E-state index contributed by atoms with van der Waals surface area (Å²) in [6.07, 6.45) is 2.02. The molecule has 1 N–H and O–H groups in total. The second kappa shape index (κ2) is 10.7. The van der Waals surface area contributed by atoms with Crippen molar-refractivity contribution in [2.75, 3.05) is 26.7 Å². The van der Waals surface area contributed by atoms with E-state index >= 15 is 0 Å². The smallest absolute Gasteiger partial charge is 0.240 e. The van der Waals surface area contributed by atoms with Gasteiger partial charge in [-0.05, 0) is 50.0 Å². The number of halogens is 2. The van der Waals surface area contributed by atoms with Crippen molar-refractivity contribution in [3.05, 3.63) is 66.0 Å². The molecule has 0 aromatic heterocycles. The first kappa shape index (κ1) is 21.7. The summed E-state index contributed by atoms with van der Waals surface area (Å²) in [5, 5.41) is 2.80. The first-order chi connectivity index (χ1) is 12.7. The first-order valence-corrected chi connectivity index (χ1v) is 9.96. The van der Waals surface area contributed by atoms with Gasteiger partial charge in [-0.1, -0.05) is 42.5 Å². The Labute approximate surface area is 171 Å². The lowest BCUT2D eigenvalue weighted by atomic mass is 9.96. The van der Waals surface area contributed by atoms with Crippen molar-refractivity contribution in [3.63, 3.8) is 0 Å². The van der Waals surface area contributed by atoms with Gasteiger partial charge in [0, 0.05) is 18.0 Å². The van der Waals surface area contributed by atoms with E-state index in [4.69, 9.17) is 0 Å². The molecule has 0 aliphatic carbocycles. The Hall–Kier alpha value is -1.56. The van der Waals surface area contributed by atoms with E-state index in [0.717, 1.165) is 38.0 Å². The Balaban J connectivity index is 0.00000261. The van der Waals surface area contributed by atoms with Crippen LogP contribution in [0.25, 0.3) is 0 Å². The molecule has 1 amide bonds. The third-order valence-electron chi connectivity index (χ3n) is 4.83. The largest absolute Gasteiger partial charge is 0.341 e. The van der Waals surface area contributed by atoms with Crippen LogP contribution < -0.4 is 5.32 Å². The molecule has 3 rings (SSSR count). The molecule has 1 unspecified atom stereocenters. The summed E-state index contributed by atoms with van der Waals surface area (Å²) in [5.74, 6) is 0.421. The van der Waals surface area contributed by atoms with Crippen molar-refractivity contribution >= 4 is 30.1 Å². The third kappa shape index (κ3) is 5.71. The van der Waals surface area contributed by atoms with E-state index in [2.05, 4.69) is 5.32 Å². The summed E-state index contributed by atoms with van der Waals surface area (Å²) < 4.78 is 14.2. The van der Waals surface area contributed by atoms with E-state index in [1.165, 1.54) is 17.8 Å². The fraction of sp³-hybridized carbons (Fsp3) is 0.381. The molecule has 0 spiro atoms. The summed E-state index contributed by atoms with van der Waals surface area (Å²) in [4.78, 5) is 15.7. The van der Waals surface area contributed by atoms with Gasteiger partial charge in [0.05, 0.1) is 0 Å². The number of hydrogen-bond donors (Lipinski definition) is 1. The van der Waals surface area contributed by atoms with Gasteiger partial charge in [0.1, 0.15) is 11.1 Å². The van der Waals surface area contributed by atoms with Crippen LogP contribution in [0.5, 0.6) is 0 Å². The number of nitrogens with one attached hydrogen (secondary N) is 1. The molecule has 146 valence electrons. The van der Waals surface area contributed by atoms with Crippen molar-refractivity contribution in [3.8, 4) is 0 Å². The maximum Gasteiger partial charge on any atom is 0.240 e. The average molecular weight is 409 g/mol. The molecular weight excluding hydrogens is 383 g/mol. The Morgan fingerprint density at radius 2 is 1.78 bits per heavy atom. The van der Waals surface area contributed by atoms with Crippen molar-refractivity contribution in [2.24, 2.45) is 5.92 Å². The molecule has 27 heavy (non-hydrogen) atoms. The third-order valence-corrected chi connectivity index (χ3v) is 6.12. The van der Waals surface area contributed by atoms with Gasteiger partial charge < -0.3 is 10.2 Å². The molecule has 0 radical (unpaired) electrons. The Morgan fingerprint density at radius 3 is 2.41 bits per heavy atom.